The van der Waals surface area contributed by atoms with E-state index in [4.69, 9.17) is 0 Å². The van der Waals surface area contributed by atoms with Crippen molar-refractivity contribution < 1.29 is 5.11 Å². The lowest BCUT2D eigenvalue weighted by Crippen LogP contribution is -2.27. The first-order valence-corrected chi connectivity index (χ1v) is 6.70. The molecule has 0 aromatic carbocycles. The SMILES string of the molecule is CCCCCCC(O)CNCCCCC. The minimum absolute atomic E-state index is 0.136. The van der Waals surface area contributed by atoms with E-state index in [1.54, 1.807) is 0 Å². The van der Waals surface area contributed by atoms with Crippen LogP contribution >= 0.6 is 0 Å². The Morgan fingerprint density at radius 1 is 0.933 bits per heavy atom. The molecule has 0 saturated heterocycles. The summed E-state index contributed by atoms with van der Waals surface area (Å²) in [6.45, 7) is 6.25. The van der Waals surface area contributed by atoms with Gasteiger partial charge in [-0.15, -0.1) is 0 Å². The van der Waals surface area contributed by atoms with Crippen molar-refractivity contribution >= 4 is 0 Å². The molecule has 2 nitrogen and oxygen atoms in total. The van der Waals surface area contributed by atoms with Crippen LogP contribution in [0.4, 0.5) is 0 Å². The van der Waals surface area contributed by atoms with Crippen molar-refractivity contribution in [2.24, 2.45) is 0 Å². The lowest BCUT2D eigenvalue weighted by Gasteiger charge is -2.11. The number of nitrogens with one attached hydrogen (secondary N) is 1. The van der Waals surface area contributed by atoms with Crippen LogP contribution < -0.4 is 5.32 Å². The summed E-state index contributed by atoms with van der Waals surface area (Å²) in [5.74, 6) is 0. The Hall–Kier alpha value is -0.0800. The lowest BCUT2D eigenvalue weighted by molar-refractivity contribution is 0.158. The smallest absolute Gasteiger partial charge is 0.0664 e. The first-order valence-electron chi connectivity index (χ1n) is 6.70. The maximum absolute atomic E-state index is 9.64. The summed E-state index contributed by atoms with van der Waals surface area (Å²) >= 11 is 0. The van der Waals surface area contributed by atoms with Crippen molar-refractivity contribution in [1.29, 1.82) is 0 Å². The van der Waals surface area contributed by atoms with Crippen molar-refractivity contribution in [1.82, 2.24) is 5.32 Å². The van der Waals surface area contributed by atoms with Crippen LogP contribution in [0.5, 0.6) is 0 Å². The van der Waals surface area contributed by atoms with Crippen LogP contribution in [0.3, 0.4) is 0 Å². The maximum atomic E-state index is 9.64. The van der Waals surface area contributed by atoms with Gasteiger partial charge in [-0.1, -0.05) is 52.4 Å². The van der Waals surface area contributed by atoms with E-state index in [1.165, 1.54) is 44.9 Å². The average molecular weight is 215 g/mol. The van der Waals surface area contributed by atoms with Gasteiger partial charge >= 0.3 is 0 Å². The fourth-order valence-corrected chi connectivity index (χ4v) is 1.68. The molecule has 15 heavy (non-hydrogen) atoms. The third-order valence-electron chi connectivity index (χ3n) is 2.73. The second kappa shape index (κ2) is 12.0. The van der Waals surface area contributed by atoms with Crippen LogP contribution in [0.15, 0.2) is 0 Å². The first kappa shape index (κ1) is 14.9. The zero-order valence-electron chi connectivity index (χ0n) is 10.6. The van der Waals surface area contributed by atoms with Gasteiger partial charge in [-0.25, -0.2) is 0 Å². The van der Waals surface area contributed by atoms with Gasteiger partial charge in [0, 0.05) is 6.54 Å². The standard InChI is InChI=1S/C13H29NO/c1-3-5-7-8-10-13(15)12-14-11-9-6-4-2/h13-15H,3-12H2,1-2H3. The van der Waals surface area contributed by atoms with E-state index in [2.05, 4.69) is 19.2 Å². The van der Waals surface area contributed by atoms with E-state index in [9.17, 15) is 5.11 Å². The summed E-state index contributed by atoms with van der Waals surface area (Å²) in [7, 11) is 0. The number of unbranched alkanes of at least 4 members (excludes halogenated alkanes) is 5. The van der Waals surface area contributed by atoms with Crippen LogP contribution in [0.25, 0.3) is 0 Å². The Morgan fingerprint density at radius 3 is 2.27 bits per heavy atom. The Labute approximate surface area is 95.5 Å². The summed E-state index contributed by atoms with van der Waals surface area (Å²) in [5.41, 5.74) is 0. The van der Waals surface area contributed by atoms with Crippen LogP contribution in [0.2, 0.25) is 0 Å². The molecule has 0 bridgehead atoms. The minimum Gasteiger partial charge on any atom is -0.392 e. The molecule has 0 heterocycles. The van der Waals surface area contributed by atoms with Crippen molar-refractivity contribution in [2.75, 3.05) is 13.1 Å². The molecule has 0 spiro atoms. The number of hydrogen-bond acceptors (Lipinski definition) is 2. The molecule has 0 fully saturated rings. The van der Waals surface area contributed by atoms with Gasteiger partial charge in [-0.2, -0.15) is 0 Å². The fraction of sp³-hybridized carbons (Fsp3) is 1.00. The van der Waals surface area contributed by atoms with Crippen molar-refractivity contribution in [2.45, 2.75) is 71.3 Å². The highest BCUT2D eigenvalue weighted by Crippen LogP contribution is 2.04. The largest absolute Gasteiger partial charge is 0.392 e. The van der Waals surface area contributed by atoms with Gasteiger partial charge in [0.25, 0.3) is 0 Å². The number of rotatable bonds is 11. The van der Waals surface area contributed by atoms with E-state index < -0.39 is 0 Å². The Bertz CT molecular complexity index is 117. The van der Waals surface area contributed by atoms with Crippen molar-refractivity contribution in [3.63, 3.8) is 0 Å². The fourth-order valence-electron chi connectivity index (χ4n) is 1.68. The predicted molar refractivity (Wildman–Crippen MR) is 67.2 cm³/mol. The molecular formula is C13H29NO. The Balaban J connectivity index is 3.08. The molecule has 0 aromatic rings. The summed E-state index contributed by atoms with van der Waals surface area (Å²) in [6, 6.07) is 0. The quantitative estimate of drug-likeness (QED) is 0.519. The zero-order chi connectivity index (χ0) is 11.4. The molecule has 0 amide bonds. The van der Waals surface area contributed by atoms with E-state index in [-0.39, 0.29) is 6.10 Å². The molecule has 0 radical (unpaired) electrons. The monoisotopic (exact) mass is 215 g/mol. The van der Waals surface area contributed by atoms with Gasteiger partial charge < -0.3 is 10.4 Å². The molecular weight excluding hydrogens is 186 g/mol. The number of aliphatic hydroxyl groups excluding tert-OH is 1. The summed E-state index contributed by atoms with van der Waals surface area (Å²) in [5, 5.41) is 13.0. The summed E-state index contributed by atoms with van der Waals surface area (Å²) in [6.07, 6.45) is 9.63. The molecule has 0 aromatic heterocycles. The molecule has 0 aliphatic carbocycles. The van der Waals surface area contributed by atoms with Gasteiger partial charge in [0.15, 0.2) is 0 Å². The number of hydrogen-bond donors (Lipinski definition) is 2. The maximum Gasteiger partial charge on any atom is 0.0664 e. The van der Waals surface area contributed by atoms with Crippen LogP contribution in [-0.4, -0.2) is 24.3 Å². The third-order valence-corrected chi connectivity index (χ3v) is 2.73. The lowest BCUT2D eigenvalue weighted by atomic mass is 10.1. The Kier molecular flexibility index (Phi) is 11.9. The number of aliphatic hydroxyl groups is 1. The zero-order valence-corrected chi connectivity index (χ0v) is 10.6. The molecule has 0 aliphatic rings. The normalized spacial score (nSPS) is 13.0. The predicted octanol–water partition coefficient (Wildman–Crippen LogP) is 3.10. The molecule has 2 heteroatoms. The van der Waals surface area contributed by atoms with Crippen LogP contribution in [0.1, 0.15) is 65.2 Å². The van der Waals surface area contributed by atoms with Crippen LogP contribution in [0, 0.1) is 0 Å². The molecule has 92 valence electrons. The minimum atomic E-state index is -0.136. The van der Waals surface area contributed by atoms with Crippen molar-refractivity contribution in [3.8, 4) is 0 Å². The second-order valence-corrected chi connectivity index (χ2v) is 4.41. The first-order chi connectivity index (χ1) is 7.31. The Morgan fingerprint density at radius 2 is 1.60 bits per heavy atom. The summed E-state index contributed by atoms with van der Waals surface area (Å²) < 4.78 is 0. The average Bonchev–Trinajstić information content (AvgIpc) is 2.24. The van der Waals surface area contributed by atoms with Gasteiger partial charge in [0.2, 0.25) is 0 Å². The van der Waals surface area contributed by atoms with E-state index >= 15 is 0 Å². The van der Waals surface area contributed by atoms with Crippen molar-refractivity contribution in [3.05, 3.63) is 0 Å². The van der Waals surface area contributed by atoms with Gasteiger partial charge in [-0.05, 0) is 19.4 Å². The molecule has 2 N–H and O–H groups in total. The van der Waals surface area contributed by atoms with E-state index in [1.807, 2.05) is 0 Å². The highest BCUT2D eigenvalue weighted by atomic mass is 16.3. The molecule has 0 rings (SSSR count). The van der Waals surface area contributed by atoms with Gasteiger partial charge in [0.1, 0.15) is 0 Å². The molecule has 1 atom stereocenters. The molecule has 0 saturated carbocycles. The topological polar surface area (TPSA) is 32.3 Å². The molecule has 0 aliphatic heterocycles. The third kappa shape index (κ3) is 11.8. The van der Waals surface area contributed by atoms with E-state index in [0.717, 1.165) is 19.5 Å². The van der Waals surface area contributed by atoms with Gasteiger partial charge in [0.05, 0.1) is 6.10 Å². The highest BCUT2D eigenvalue weighted by molar-refractivity contribution is 4.59. The van der Waals surface area contributed by atoms with Gasteiger partial charge in [-0.3, -0.25) is 0 Å². The van der Waals surface area contributed by atoms with E-state index in [0.29, 0.717) is 0 Å². The molecule has 1 unspecified atom stereocenters. The second-order valence-electron chi connectivity index (χ2n) is 4.41. The van der Waals surface area contributed by atoms with Crippen LogP contribution in [-0.2, 0) is 0 Å². The summed E-state index contributed by atoms with van der Waals surface area (Å²) in [4.78, 5) is 0. The highest BCUT2D eigenvalue weighted by Gasteiger charge is 2.02.